The number of aryl methyl sites for hydroxylation is 2. The molecule has 2 aromatic carbocycles. The molecule has 41 heavy (non-hydrogen) atoms. The highest BCUT2D eigenvalue weighted by atomic mass is 32.2. The predicted molar refractivity (Wildman–Crippen MR) is 142 cm³/mol. The van der Waals surface area contributed by atoms with Gasteiger partial charge in [-0.2, -0.15) is 21.6 Å². The number of benzene rings is 2. The van der Waals surface area contributed by atoms with Crippen molar-refractivity contribution in [2.45, 2.75) is 76.6 Å². The molecule has 0 atom stereocenters. The Kier molecular flexibility index (Phi) is 9.56. The Morgan fingerprint density at radius 1 is 0.780 bits per heavy atom. The second kappa shape index (κ2) is 12.6. The van der Waals surface area contributed by atoms with Crippen LogP contribution in [0.5, 0.6) is 0 Å². The summed E-state index contributed by atoms with van der Waals surface area (Å²) in [6.07, 6.45) is 12.1. The zero-order chi connectivity index (χ0) is 29.9. The summed E-state index contributed by atoms with van der Waals surface area (Å²) in [5.74, 6) is -2.93. The monoisotopic (exact) mass is 604 g/mol. The van der Waals surface area contributed by atoms with Gasteiger partial charge in [-0.15, -0.1) is 0 Å². The van der Waals surface area contributed by atoms with Gasteiger partial charge in [-0.25, -0.2) is 17.6 Å². The van der Waals surface area contributed by atoms with Crippen LogP contribution in [0.4, 0.5) is 30.7 Å². The van der Waals surface area contributed by atoms with E-state index >= 15 is 0 Å². The van der Waals surface area contributed by atoms with E-state index in [-0.39, 0.29) is 18.4 Å². The Morgan fingerprint density at radius 3 is 1.85 bits per heavy atom. The van der Waals surface area contributed by atoms with Crippen LogP contribution in [0, 0.1) is 35.1 Å². The van der Waals surface area contributed by atoms with E-state index < -0.39 is 44.7 Å². The fraction of sp³-hybridized carbons (Fsp3) is 0.467. The second-order valence-electron chi connectivity index (χ2n) is 10.7. The standard InChI is InChI=1S/C19H24F2.C11H7F5O3S/c1-2-3-13-4-6-14(7-5-13)16-9-8-15-10-11-18(20)19(21)17(15)12-16;12-9-4-2-6-1-3-7(5-8(6)10(9)13)19-20(17,18)11(14,15)16/h10-14H,2-9H2,1H3;2,4-5H,1,3H2. The van der Waals surface area contributed by atoms with Gasteiger partial charge in [-0.05, 0) is 86.1 Å². The lowest BCUT2D eigenvalue weighted by Gasteiger charge is -2.31. The molecule has 0 aliphatic heterocycles. The lowest BCUT2D eigenvalue weighted by Crippen LogP contribution is -2.25. The predicted octanol–water partition coefficient (Wildman–Crippen LogP) is 9.02. The molecule has 0 bridgehead atoms. The van der Waals surface area contributed by atoms with Crippen LogP contribution in [0.25, 0.3) is 12.2 Å². The van der Waals surface area contributed by atoms with Gasteiger partial charge in [0.05, 0.1) is 0 Å². The normalized spacial score (nSPS) is 20.6. The number of alkyl halides is 3. The maximum absolute atomic E-state index is 14.0. The van der Waals surface area contributed by atoms with E-state index in [9.17, 15) is 39.2 Å². The third-order valence-corrected chi connectivity index (χ3v) is 8.97. The van der Waals surface area contributed by atoms with Crippen LogP contribution in [0.3, 0.4) is 0 Å². The van der Waals surface area contributed by atoms with Crippen molar-refractivity contribution in [1.29, 1.82) is 0 Å². The highest BCUT2D eigenvalue weighted by Gasteiger charge is 2.49. The summed E-state index contributed by atoms with van der Waals surface area (Å²) in [6.45, 7) is 2.25. The third kappa shape index (κ3) is 7.16. The Labute approximate surface area is 235 Å². The molecule has 0 amide bonds. The van der Waals surface area contributed by atoms with Gasteiger partial charge in [0, 0.05) is 17.5 Å². The van der Waals surface area contributed by atoms with Crippen molar-refractivity contribution in [3.05, 3.63) is 81.1 Å². The highest BCUT2D eigenvalue weighted by Crippen LogP contribution is 2.40. The van der Waals surface area contributed by atoms with E-state index in [2.05, 4.69) is 11.1 Å². The van der Waals surface area contributed by atoms with Crippen LogP contribution in [0.1, 0.15) is 80.5 Å². The van der Waals surface area contributed by atoms with E-state index in [0.717, 1.165) is 36.5 Å². The van der Waals surface area contributed by atoms with Crippen molar-refractivity contribution in [2.75, 3.05) is 0 Å². The minimum absolute atomic E-state index is 0.0474. The average Bonchev–Trinajstić information content (AvgIpc) is 2.93. The van der Waals surface area contributed by atoms with Gasteiger partial charge in [0.1, 0.15) is 5.76 Å². The molecule has 3 nitrogen and oxygen atoms in total. The van der Waals surface area contributed by atoms with E-state index in [4.69, 9.17) is 0 Å². The van der Waals surface area contributed by atoms with Crippen LogP contribution >= 0.6 is 0 Å². The van der Waals surface area contributed by atoms with Crippen molar-refractivity contribution in [2.24, 2.45) is 11.8 Å². The summed E-state index contributed by atoms with van der Waals surface area (Å²) in [7, 11) is -5.81. The van der Waals surface area contributed by atoms with Gasteiger partial charge in [-0.1, -0.05) is 43.5 Å². The Morgan fingerprint density at radius 2 is 1.32 bits per heavy atom. The average molecular weight is 605 g/mol. The van der Waals surface area contributed by atoms with E-state index in [0.29, 0.717) is 17.0 Å². The maximum atomic E-state index is 14.0. The molecule has 3 aliphatic carbocycles. The summed E-state index contributed by atoms with van der Waals surface area (Å²) in [6, 6.07) is 5.15. The van der Waals surface area contributed by atoms with E-state index in [1.807, 2.05) is 6.08 Å². The molecule has 2 aromatic rings. The van der Waals surface area contributed by atoms with Crippen LogP contribution in [-0.4, -0.2) is 13.9 Å². The molecular formula is C30H31F7O3S. The first-order chi connectivity index (χ1) is 19.3. The molecule has 0 saturated heterocycles. The van der Waals surface area contributed by atoms with Crippen LogP contribution in [0.2, 0.25) is 0 Å². The number of hydrogen-bond acceptors (Lipinski definition) is 3. The SMILES string of the molecule is CCCC1CCC(C2=Cc3c(ccc(F)c3F)CC2)CC1.O=S(=O)(OC1=Cc2c(ccc(F)c2F)CC1)C(F)(F)F. The number of rotatable bonds is 5. The van der Waals surface area contributed by atoms with Crippen molar-refractivity contribution in [3.8, 4) is 0 Å². The summed E-state index contributed by atoms with van der Waals surface area (Å²) < 4.78 is 116. The molecular weight excluding hydrogens is 573 g/mol. The van der Waals surface area contributed by atoms with Gasteiger partial charge in [0.15, 0.2) is 23.3 Å². The molecule has 224 valence electrons. The number of fused-ring (bicyclic) bond motifs is 2. The first kappa shape index (κ1) is 31.1. The summed E-state index contributed by atoms with van der Waals surface area (Å²) in [5.41, 5.74) is -2.70. The molecule has 0 N–H and O–H groups in total. The molecule has 11 heteroatoms. The van der Waals surface area contributed by atoms with Crippen molar-refractivity contribution >= 4 is 22.3 Å². The van der Waals surface area contributed by atoms with Gasteiger partial charge >= 0.3 is 15.6 Å². The van der Waals surface area contributed by atoms with Gasteiger partial charge in [0.2, 0.25) is 0 Å². The zero-order valence-corrected chi connectivity index (χ0v) is 23.3. The molecule has 3 aliphatic rings. The molecule has 0 unspecified atom stereocenters. The van der Waals surface area contributed by atoms with Crippen molar-refractivity contribution < 1.29 is 43.3 Å². The van der Waals surface area contributed by atoms with Crippen molar-refractivity contribution in [1.82, 2.24) is 0 Å². The minimum atomic E-state index is -5.81. The minimum Gasteiger partial charge on any atom is -0.381 e. The van der Waals surface area contributed by atoms with E-state index in [1.165, 1.54) is 56.2 Å². The first-order valence-corrected chi connectivity index (χ1v) is 15.1. The third-order valence-electron chi connectivity index (χ3n) is 7.97. The van der Waals surface area contributed by atoms with Crippen molar-refractivity contribution in [3.63, 3.8) is 0 Å². The first-order valence-electron chi connectivity index (χ1n) is 13.7. The molecule has 5 rings (SSSR count). The zero-order valence-electron chi connectivity index (χ0n) is 22.5. The highest BCUT2D eigenvalue weighted by molar-refractivity contribution is 7.87. The summed E-state index contributed by atoms with van der Waals surface area (Å²) >= 11 is 0. The van der Waals surface area contributed by atoms with Gasteiger partial charge in [0.25, 0.3) is 0 Å². The molecule has 1 saturated carbocycles. The van der Waals surface area contributed by atoms with Crippen LogP contribution in [0.15, 0.2) is 35.6 Å². The molecule has 0 heterocycles. The molecule has 0 radical (unpaired) electrons. The fourth-order valence-corrected chi connectivity index (χ4v) is 6.30. The maximum Gasteiger partial charge on any atom is 0.534 e. The van der Waals surface area contributed by atoms with Gasteiger partial charge in [-0.3, -0.25) is 0 Å². The van der Waals surface area contributed by atoms with Gasteiger partial charge < -0.3 is 4.18 Å². The molecule has 1 fully saturated rings. The Bertz CT molecular complexity index is 1440. The number of allylic oxidation sites excluding steroid dienone is 2. The smallest absolute Gasteiger partial charge is 0.381 e. The molecule has 0 spiro atoms. The fourth-order valence-electron chi connectivity index (χ4n) is 5.79. The largest absolute Gasteiger partial charge is 0.534 e. The summed E-state index contributed by atoms with van der Waals surface area (Å²) in [4.78, 5) is 0. The number of hydrogen-bond donors (Lipinski definition) is 0. The summed E-state index contributed by atoms with van der Waals surface area (Å²) in [5, 5.41) is 0. The van der Waals surface area contributed by atoms with E-state index in [1.54, 1.807) is 6.07 Å². The Hall–Kier alpha value is -2.82. The number of halogens is 7. The van der Waals surface area contributed by atoms with Crippen LogP contribution < -0.4 is 0 Å². The molecule has 0 aromatic heterocycles. The topological polar surface area (TPSA) is 43.4 Å². The lowest BCUT2D eigenvalue weighted by atomic mass is 9.74. The van der Waals surface area contributed by atoms with Crippen LogP contribution in [-0.2, 0) is 27.1 Å². The Balaban J connectivity index is 0.000000189. The quantitative estimate of drug-likeness (QED) is 0.194. The second-order valence-corrected chi connectivity index (χ2v) is 12.2. The lowest BCUT2D eigenvalue weighted by molar-refractivity contribution is -0.0522.